The lowest BCUT2D eigenvalue weighted by atomic mass is 9.99. The normalized spacial score (nSPS) is 10.7. The van der Waals surface area contributed by atoms with Crippen LogP contribution in [0.5, 0.6) is 0 Å². The summed E-state index contributed by atoms with van der Waals surface area (Å²) >= 11 is 0. The Morgan fingerprint density at radius 3 is 2.30 bits per heavy atom. The lowest BCUT2D eigenvalue weighted by Crippen LogP contribution is -2.19. The molecule has 136 valence electrons. The molecular weight excluding hydrogens is 354 g/mol. The highest BCUT2D eigenvalue weighted by Gasteiger charge is 2.24. The summed E-state index contributed by atoms with van der Waals surface area (Å²) in [5.74, 6) is -0.306. The van der Waals surface area contributed by atoms with Gasteiger partial charge in [-0.3, -0.25) is 29.8 Å². The van der Waals surface area contributed by atoms with Crippen LogP contribution in [0.4, 0.5) is 11.4 Å². The van der Waals surface area contributed by atoms with Gasteiger partial charge in [-0.05, 0) is 5.56 Å². The van der Waals surface area contributed by atoms with Crippen LogP contribution in [0.2, 0.25) is 0 Å². The minimum atomic E-state index is -0.780. The van der Waals surface area contributed by atoms with Crippen molar-refractivity contribution in [2.45, 2.75) is 6.42 Å². The molecule has 0 N–H and O–H groups in total. The van der Waals surface area contributed by atoms with Crippen LogP contribution in [0, 0.1) is 20.2 Å². The molecule has 27 heavy (non-hydrogen) atoms. The summed E-state index contributed by atoms with van der Waals surface area (Å²) in [5, 5.41) is 22.7. The number of aryl methyl sites for hydroxylation is 1. The van der Waals surface area contributed by atoms with Gasteiger partial charge in [0.2, 0.25) is 0 Å². The largest absolute Gasteiger partial charge is 0.305 e. The first kappa shape index (κ1) is 17.9. The first-order valence-corrected chi connectivity index (χ1v) is 7.83. The van der Waals surface area contributed by atoms with Gasteiger partial charge in [-0.1, -0.05) is 30.3 Å². The molecule has 9 nitrogen and oxygen atoms in total. The average molecular weight is 367 g/mol. The molecule has 0 aliphatic heterocycles. The predicted molar refractivity (Wildman–Crippen MR) is 97.0 cm³/mol. The average Bonchev–Trinajstić information content (AvgIpc) is 2.65. The van der Waals surface area contributed by atoms with E-state index in [1.165, 1.54) is 13.1 Å². The number of non-ortho nitro benzene ring substituents is 2. The molecule has 0 amide bonds. The van der Waals surface area contributed by atoms with E-state index in [0.29, 0.717) is 5.56 Å². The van der Waals surface area contributed by atoms with Gasteiger partial charge in [0, 0.05) is 36.6 Å². The Morgan fingerprint density at radius 2 is 1.70 bits per heavy atom. The number of nitro benzene ring substituents is 2. The van der Waals surface area contributed by atoms with Crippen molar-refractivity contribution < 1.29 is 14.6 Å². The summed E-state index contributed by atoms with van der Waals surface area (Å²) in [7, 11) is 1.34. The second kappa shape index (κ2) is 6.79. The number of rotatable bonds is 5. The van der Waals surface area contributed by atoms with Gasteiger partial charge in [0.25, 0.3) is 16.9 Å². The zero-order valence-corrected chi connectivity index (χ0v) is 14.1. The highest BCUT2D eigenvalue weighted by molar-refractivity contribution is 6.01. The zero-order valence-electron chi connectivity index (χ0n) is 14.1. The van der Waals surface area contributed by atoms with Crippen molar-refractivity contribution >= 4 is 28.1 Å². The number of nitro groups is 2. The van der Waals surface area contributed by atoms with Crippen LogP contribution in [0.1, 0.15) is 15.9 Å². The Morgan fingerprint density at radius 1 is 1.04 bits per heavy atom. The van der Waals surface area contributed by atoms with Gasteiger partial charge in [0.1, 0.15) is 5.52 Å². The molecule has 0 fully saturated rings. The molecule has 1 heterocycles. The van der Waals surface area contributed by atoms with Crippen LogP contribution in [-0.4, -0.2) is 20.2 Å². The van der Waals surface area contributed by atoms with Gasteiger partial charge >= 0.3 is 0 Å². The van der Waals surface area contributed by atoms with Crippen LogP contribution in [0.3, 0.4) is 0 Å². The van der Waals surface area contributed by atoms with Crippen LogP contribution in [-0.2, 0) is 13.5 Å². The number of aromatic nitrogens is 1. The van der Waals surface area contributed by atoms with Gasteiger partial charge in [-0.15, -0.1) is 0 Å². The van der Waals surface area contributed by atoms with Gasteiger partial charge in [0.05, 0.1) is 15.9 Å². The second-order valence-corrected chi connectivity index (χ2v) is 5.91. The molecular formula is C18H13N3O6. The van der Waals surface area contributed by atoms with E-state index in [1.807, 2.05) is 0 Å². The summed E-state index contributed by atoms with van der Waals surface area (Å²) in [5.41, 5.74) is -1.04. The Hall–Kier alpha value is -3.88. The molecule has 0 atom stereocenters. The quantitative estimate of drug-likeness (QED) is 0.388. The number of benzene rings is 2. The van der Waals surface area contributed by atoms with Crippen molar-refractivity contribution in [3.8, 4) is 0 Å². The van der Waals surface area contributed by atoms with Gasteiger partial charge in [-0.2, -0.15) is 0 Å². The summed E-state index contributed by atoms with van der Waals surface area (Å²) in [6.07, 6.45) is -0.213. The predicted octanol–water partition coefficient (Wildman–Crippen LogP) is 2.78. The number of carbonyl (C=O) groups excluding carboxylic acids is 1. The fourth-order valence-electron chi connectivity index (χ4n) is 2.93. The van der Waals surface area contributed by atoms with Gasteiger partial charge in [-0.25, -0.2) is 0 Å². The third-order valence-electron chi connectivity index (χ3n) is 4.24. The Labute approximate surface area is 151 Å². The summed E-state index contributed by atoms with van der Waals surface area (Å²) in [6, 6.07) is 11.5. The Kier molecular flexibility index (Phi) is 4.51. The number of fused-ring (bicyclic) bond motifs is 1. The number of hydrogen-bond acceptors (Lipinski definition) is 6. The molecule has 0 unspecified atom stereocenters. The minimum absolute atomic E-state index is 0.0611. The highest BCUT2D eigenvalue weighted by atomic mass is 16.6. The molecule has 2 aromatic carbocycles. The number of pyridine rings is 1. The van der Waals surface area contributed by atoms with Gasteiger partial charge < -0.3 is 4.57 Å². The van der Waals surface area contributed by atoms with Crippen LogP contribution in [0.15, 0.2) is 53.3 Å². The second-order valence-electron chi connectivity index (χ2n) is 5.91. The maximum absolute atomic E-state index is 12.5. The smallest absolute Gasteiger partial charge is 0.300 e. The number of ketones is 1. The van der Waals surface area contributed by atoms with Crippen molar-refractivity contribution in [3.63, 3.8) is 0 Å². The molecule has 0 bridgehead atoms. The van der Waals surface area contributed by atoms with E-state index in [0.717, 1.165) is 16.7 Å². The van der Waals surface area contributed by atoms with E-state index in [9.17, 15) is 29.8 Å². The molecule has 0 saturated heterocycles. The standard InChI is InChI=1S/C18H13N3O6/c1-19-17(23)8-12(7-16(22)11-5-3-2-4-6-11)14-9-13(20(24)25)10-15(18(14)19)21(26)27/h2-6,8-10H,7H2,1H3. The SMILES string of the molecule is Cn1c(=O)cc(CC(=O)c2ccccc2)c2cc([N+](=O)[O-])cc([N+](=O)[O-])c21. The van der Waals surface area contributed by atoms with Crippen LogP contribution < -0.4 is 5.56 Å². The molecule has 0 spiro atoms. The first-order valence-electron chi connectivity index (χ1n) is 7.83. The van der Waals surface area contributed by atoms with Crippen molar-refractivity contribution in [2.24, 2.45) is 7.05 Å². The van der Waals surface area contributed by atoms with Crippen LogP contribution >= 0.6 is 0 Å². The Balaban J connectivity index is 2.28. The zero-order chi connectivity index (χ0) is 19.7. The topological polar surface area (TPSA) is 125 Å². The maximum Gasteiger partial charge on any atom is 0.300 e. The van der Waals surface area contributed by atoms with Crippen molar-refractivity contribution in [1.29, 1.82) is 0 Å². The molecule has 0 aliphatic rings. The molecule has 0 saturated carbocycles. The summed E-state index contributed by atoms with van der Waals surface area (Å²) in [6.45, 7) is 0. The van der Waals surface area contributed by atoms with E-state index in [2.05, 4.69) is 0 Å². The fraction of sp³-hybridized carbons (Fsp3) is 0.111. The monoisotopic (exact) mass is 367 g/mol. The number of nitrogens with zero attached hydrogens (tertiary/aromatic N) is 3. The maximum atomic E-state index is 12.5. The molecule has 3 aromatic rings. The highest BCUT2D eigenvalue weighted by Crippen LogP contribution is 2.32. The summed E-state index contributed by atoms with van der Waals surface area (Å²) < 4.78 is 1.05. The molecule has 1 aromatic heterocycles. The minimum Gasteiger partial charge on any atom is -0.305 e. The fourth-order valence-corrected chi connectivity index (χ4v) is 2.93. The van der Waals surface area contributed by atoms with Crippen LogP contribution in [0.25, 0.3) is 10.9 Å². The first-order chi connectivity index (χ1) is 12.8. The van der Waals surface area contributed by atoms with Crippen molar-refractivity contribution in [2.75, 3.05) is 0 Å². The van der Waals surface area contributed by atoms with E-state index in [4.69, 9.17) is 0 Å². The van der Waals surface area contributed by atoms with E-state index >= 15 is 0 Å². The molecule has 3 rings (SSSR count). The van der Waals surface area contributed by atoms with Gasteiger partial charge in [0.15, 0.2) is 5.78 Å². The van der Waals surface area contributed by atoms with E-state index < -0.39 is 26.8 Å². The third-order valence-corrected chi connectivity index (χ3v) is 4.24. The molecule has 0 aliphatic carbocycles. The molecule has 9 heteroatoms. The van der Waals surface area contributed by atoms with E-state index in [-0.39, 0.29) is 28.7 Å². The lowest BCUT2D eigenvalue weighted by Gasteiger charge is -2.10. The summed E-state index contributed by atoms with van der Waals surface area (Å²) in [4.78, 5) is 45.8. The molecule has 0 radical (unpaired) electrons. The number of carbonyl (C=O) groups is 1. The number of hydrogen-bond donors (Lipinski definition) is 0. The van der Waals surface area contributed by atoms with Crippen molar-refractivity contribution in [3.05, 3.63) is 90.2 Å². The Bertz CT molecular complexity index is 1150. The lowest BCUT2D eigenvalue weighted by molar-refractivity contribution is -0.393. The van der Waals surface area contributed by atoms with Crippen molar-refractivity contribution in [1.82, 2.24) is 4.57 Å². The number of Topliss-reactive ketones (excluding diaryl/α,β-unsaturated/α-hetero) is 1. The van der Waals surface area contributed by atoms with E-state index in [1.54, 1.807) is 30.3 Å². The third kappa shape index (κ3) is 3.30.